The molecule has 0 radical (unpaired) electrons. The first-order chi connectivity index (χ1) is 12.0. The van der Waals surface area contributed by atoms with Crippen LogP contribution in [-0.4, -0.2) is 56.1 Å². The van der Waals surface area contributed by atoms with Gasteiger partial charge in [0.25, 0.3) is 0 Å². The second-order valence-corrected chi connectivity index (χ2v) is 7.24. The molecule has 1 unspecified atom stereocenters. The third-order valence-electron chi connectivity index (χ3n) is 4.88. The summed E-state index contributed by atoms with van der Waals surface area (Å²) in [6.45, 7) is 8.24. The van der Waals surface area contributed by atoms with Crippen LogP contribution in [0.3, 0.4) is 0 Å². The number of piperidine rings is 1. The van der Waals surface area contributed by atoms with Gasteiger partial charge in [-0.05, 0) is 55.2 Å². The van der Waals surface area contributed by atoms with Gasteiger partial charge in [0.2, 0.25) is 5.91 Å². The topological polar surface area (TPSA) is 42.0 Å². The van der Waals surface area contributed by atoms with Gasteiger partial charge in [-0.2, -0.15) is 0 Å². The average molecular weight is 413 g/mol. The highest BCUT2D eigenvalue weighted by Gasteiger charge is 2.28. The number of hydrogen-bond acceptors (Lipinski definition) is 4. The molecule has 0 aromatic heterocycles. The molecule has 5 nitrogen and oxygen atoms in total. The summed E-state index contributed by atoms with van der Waals surface area (Å²) in [6.07, 6.45) is 2.03. The van der Waals surface area contributed by atoms with Crippen LogP contribution in [0.15, 0.2) is 16.6 Å². The number of halogens is 1. The molecule has 1 amide bonds. The lowest BCUT2D eigenvalue weighted by Gasteiger charge is -2.34. The third kappa shape index (κ3) is 4.88. The van der Waals surface area contributed by atoms with Crippen LogP contribution in [0.2, 0.25) is 0 Å². The van der Waals surface area contributed by atoms with Crippen molar-refractivity contribution in [3.05, 3.63) is 22.2 Å². The Hall–Kier alpha value is -1.27. The minimum Gasteiger partial charge on any atom is -0.496 e. The largest absolute Gasteiger partial charge is 0.496 e. The Morgan fingerprint density at radius 2 is 1.92 bits per heavy atom. The van der Waals surface area contributed by atoms with Crippen molar-refractivity contribution >= 4 is 21.8 Å². The highest BCUT2D eigenvalue weighted by Crippen LogP contribution is 2.34. The van der Waals surface area contributed by atoms with Crippen LogP contribution < -0.4 is 9.47 Å². The number of carbonyl (C=O) groups excluding carboxylic acids is 1. The maximum atomic E-state index is 12.7. The van der Waals surface area contributed by atoms with Crippen molar-refractivity contribution in [2.45, 2.75) is 33.2 Å². The fraction of sp³-hybridized carbons (Fsp3) is 0.632. The molecule has 1 aliphatic rings. The zero-order chi connectivity index (χ0) is 18.4. The van der Waals surface area contributed by atoms with Gasteiger partial charge < -0.3 is 14.4 Å². The van der Waals surface area contributed by atoms with Crippen molar-refractivity contribution in [3.63, 3.8) is 0 Å². The van der Waals surface area contributed by atoms with Crippen LogP contribution in [0.25, 0.3) is 0 Å². The van der Waals surface area contributed by atoms with E-state index in [9.17, 15) is 4.79 Å². The summed E-state index contributed by atoms with van der Waals surface area (Å²) >= 11 is 3.55. The van der Waals surface area contributed by atoms with E-state index in [1.54, 1.807) is 14.2 Å². The fourth-order valence-corrected chi connectivity index (χ4v) is 4.03. The molecule has 1 saturated heterocycles. The van der Waals surface area contributed by atoms with Crippen molar-refractivity contribution in [2.75, 3.05) is 40.4 Å². The third-order valence-corrected chi connectivity index (χ3v) is 5.50. The molecule has 140 valence electrons. The summed E-state index contributed by atoms with van der Waals surface area (Å²) in [5.41, 5.74) is 1.10. The van der Waals surface area contributed by atoms with Crippen molar-refractivity contribution in [2.24, 2.45) is 5.92 Å². The molecular formula is C19H29BrN2O3. The monoisotopic (exact) mass is 412 g/mol. The number of ether oxygens (including phenoxy) is 2. The molecular weight excluding hydrogens is 384 g/mol. The molecule has 2 rings (SSSR count). The minimum atomic E-state index is 0.0985. The molecule has 6 heteroatoms. The Labute approximate surface area is 159 Å². The molecule has 1 aliphatic heterocycles. The standard InChI is InChI=1S/C19H29BrN2O3/c1-5-22(6-2)19(23)14-8-7-9-21(12-14)13-15-10-16(20)18(25-4)11-17(15)24-3/h10-11,14H,5-9,12-13H2,1-4H3. The van der Waals surface area contributed by atoms with Crippen LogP contribution in [0, 0.1) is 5.92 Å². The fourth-order valence-electron chi connectivity index (χ4n) is 3.48. The summed E-state index contributed by atoms with van der Waals surface area (Å²) in [7, 11) is 3.32. The van der Waals surface area contributed by atoms with E-state index in [4.69, 9.17) is 9.47 Å². The van der Waals surface area contributed by atoms with Crippen molar-refractivity contribution in [3.8, 4) is 11.5 Å². The zero-order valence-electron chi connectivity index (χ0n) is 15.7. The van der Waals surface area contributed by atoms with Gasteiger partial charge in [0.15, 0.2) is 0 Å². The SMILES string of the molecule is CCN(CC)C(=O)C1CCCN(Cc2cc(Br)c(OC)cc2OC)C1. The number of nitrogens with zero attached hydrogens (tertiary/aromatic N) is 2. The molecule has 0 aliphatic carbocycles. The van der Waals surface area contributed by atoms with Gasteiger partial charge in [-0.25, -0.2) is 0 Å². The van der Waals surface area contributed by atoms with Gasteiger partial charge in [0.1, 0.15) is 11.5 Å². The molecule has 1 aromatic carbocycles. The summed E-state index contributed by atoms with van der Waals surface area (Å²) in [4.78, 5) is 17.0. The van der Waals surface area contributed by atoms with Crippen molar-refractivity contribution < 1.29 is 14.3 Å². The summed E-state index contributed by atoms with van der Waals surface area (Å²) in [6, 6.07) is 3.95. The number of methoxy groups -OCH3 is 2. The molecule has 1 heterocycles. The van der Waals surface area contributed by atoms with Crippen LogP contribution in [0.1, 0.15) is 32.3 Å². The predicted molar refractivity (Wildman–Crippen MR) is 103 cm³/mol. The van der Waals surface area contributed by atoms with E-state index in [0.717, 1.165) is 67.1 Å². The Morgan fingerprint density at radius 3 is 2.52 bits per heavy atom. The summed E-state index contributed by atoms with van der Waals surface area (Å²) in [5, 5.41) is 0. The minimum absolute atomic E-state index is 0.0985. The Kier molecular flexibility index (Phi) is 7.56. The van der Waals surface area contributed by atoms with E-state index in [2.05, 4.69) is 20.8 Å². The van der Waals surface area contributed by atoms with Gasteiger partial charge in [-0.3, -0.25) is 9.69 Å². The summed E-state index contributed by atoms with van der Waals surface area (Å²) < 4.78 is 11.8. The quantitative estimate of drug-likeness (QED) is 0.686. The first-order valence-corrected chi connectivity index (χ1v) is 9.74. The van der Waals surface area contributed by atoms with Crippen LogP contribution in [-0.2, 0) is 11.3 Å². The highest BCUT2D eigenvalue weighted by molar-refractivity contribution is 9.10. The highest BCUT2D eigenvalue weighted by atomic mass is 79.9. The first kappa shape index (κ1) is 20.0. The lowest BCUT2D eigenvalue weighted by Crippen LogP contribution is -2.44. The van der Waals surface area contributed by atoms with Crippen molar-refractivity contribution in [1.82, 2.24) is 9.80 Å². The molecule has 0 saturated carbocycles. The first-order valence-electron chi connectivity index (χ1n) is 8.95. The number of amides is 1. The summed E-state index contributed by atoms with van der Waals surface area (Å²) in [5.74, 6) is 1.96. The Bertz CT molecular complexity index is 590. The van der Waals surface area contributed by atoms with Gasteiger partial charge in [0.05, 0.1) is 24.6 Å². The van der Waals surface area contributed by atoms with Crippen LogP contribution in [0.4, 0.5) is 0 Å². The van der Waals surface area contributed by atoms with Gasteiger partial charge in [0, 0.05) is 37.8 Å². The van der Waals surface area contributed by atoms with Crippen LogP contribution in [0.5, 0.6) is 11.5 Å². The maximum absolute atomic E-state index is 12.7. The number of carbonyl (C=O) groups is 1. The van der Waals surface area contributed by atoms with Crippen molar-refractivity contribution in [1.29, 1.82) is 0 Å². The van der Waals surface area contributed by atoms with Crippen LogP contribution >= 0.6 is 15.9 Å². The second-order valence-electron chi connectivity index (χ2n) is 6.38. The second kappa shape index (κ2) is 9.43. The molecule has 0 N–H and O–H groups in total. The smallest absolute Gasteiger partial charge is 0.226 e. The van der Waals surface area contributed by atoms with Gasteiger partial charge >= 0.3 is 0 Å². The molecule has 1 fully saturated rings. The van der Waals surface area contributed by atoms with E-state index in [-0.39, 0.29) is 11.8 Å². The molecule has 0 bridgehead atoms. The number of likely N-dealkylation sites (tertiary alicyclic amines) is 1. The molecule has 25 heavy (non-hydrogen) atoms. The van der Waals surface area contributed by atoms with E-state index < -0.39 is 0 Å². The zero-order valence-corrected chi connectivity index (χ0v) is 17.3. The normalized spacial score (nSPS) is 18.0. The van der Waals surface area contributed by atoms with Gasteiger partial charge in [-0.1, -0.05) is 0 Å². The van der Waals surface area contributed by atoms with E-state index in [1.165, 1.54) is 0 Å². The Morgan fingerprint density at radius 1 is 1.24 bits per heavy atom. The maximum Gasteiger partial charge on any atom is 0.226 e. The van der Waals surface area contributed by atoms with E-state index in [1.807, 2.05) is 30.9 Å². The predicted octanol–water partition coefficient (Wildman–Crippen LogP) is 3.55. The lowest BCUT2D eigenvalue weighted by molar-refractivity contribution is -0.137. The molecule has 1 atom stereocenters. The molecule has 0 spiro atoms. The number of hydrogen-bond donors (Lipinski definition) is 0. The number of rotatable bonds is 7. The lowest BCUT2D eigenvalue weighted by atomic mass is 9.96. The van der Waals surface area contributed by atoms with E-state index >= 15 is 0 Å². The number of benzene rings is 1. The Balaban J connectivity index is 2.10. The van der Waals surface area contributed by atoms with Gasteiger partial charge in [-0.15, -0.1) is 0 Å². The van der Waals surface area contributed by atoms with E-state index in [0.29, 0.717) is 0 Å². The average Bonchev–Trinajstić information content (AvgIpc) is 2.63. The molecule has 1 aromatic rings.